The van der Waals surface area contributed by atoms with Gasteiger partial charge in [0.15, 0.2) is 0 Å². The first kappa shape index (κ1) is 17.3. The molecule has 134 valence electrons. The van der Waals surface area contributed by atoms with Crippen molar-refractivity contribution >= 4 is 51.3 Å². The van der Waals surface area contributed by atoms with Crippen molar-refractivity contribution in [1.29, 1.82) is 0 Å². The number of amides is 1. The Bertz CT molecular complexity index is 1160. The molecular formula is C17H14ClN3O3S2. The molecule has 1 aliphatic rings. The molecule has 2 heterocycles. The Morgan fingerprint density at radius 1 is 1.42 bits per heavy atom. The average Bonchev–Trinajstić information content (AvgIpc) is 3.18. The summed E-state index contributed by atoms with van der Waals surface area (Å²) in [7, 11) is 1.46. The minimum atomic E-state index is -0.530. The van der Waals surface area contributed by atoms with E-state index in [1.54, 1.807) is 23.5 Å². The maximum atomic E-state index is 13.0. The lowest BCUT2D eigenvalue weighted by Gasteiger charge is -2.11. The number of aromatic amines is 1. The van der Waals surface area contributed by atoms with Crippen molar-refractivity contribution in [2.45, 2.75) is 19.3 Å². The van der Waals surface area contributed by atoms with Crippen molar-refractivity contribution in [3.63, 3.8) is 0 Å². The lowest BCUT2D eigenvalue weighted by molar-refractivity contribution is 0.100. The van der Waals surface area contributed by atoms with Gasteiger partial charge in [0.2, 0.25) is 4.77 Å². The molecule has 2 N–H and O–H groups in total. The van der Waals surface area contributed by atoms with Crippen molar-refractivity contribution < 1.29 is 9.53 Å². The average molecular weight is 408 g/mol. The van der Waals surface area contributed by atoms with Crippen LogP contribution < -0.4 is 15.7 Å². The second kappa shape index (κ2) is 6.53. The molecule has 0 fully saturated rings. The highest BCUT2D eigenvalue weighted by Gasteiger charge is 2.22. The lowest BCUT2D eigenvalue weighted by atomic mass is 10.2. The summed E-state index contributed by atoms with van der Waals surface area (Å²) < 4.78 is 6.41. The van der Waals surface area contributed by atoms with Crippen molar-refractivity contribution in [1.82, 2.24) is 9.66 Å². The monoisotopic (exact) mass is 407 g/mol. The summed E-state index contributed by atoms with van der Waals surface area (Å²) in [4.78, 5) is 30.7. The number of aryl methyl sites for hydroxylation is 2. The summed E-state index contributed by atoms with van der Waals surface area (Å²) in [6, 6.07) is 4.69. The summed E-state index contributed by atoms with van der Waals surface area (Å²) in [5, 5.41) is 0.994. The van der Waals surface area contributed by atoms with Crippen LogP contribution in [0.25, 0.3) is 10.2 Å². The third kappa shape index (κ3) is 2.74. The highest BCUT2D eigenvalue weighted by Crippen LogP contribution is 2.34. The summed E-state index contributed by atoms with van der Waals surface area (Å²) in [5.41, 5.74) is 3.52. The van der Waals surface area contributed by atoms with Crippen LogP contribution in [0.4, 0.5) is 0 Å². The molecule has 1 aliphatic carbocycles. The third-order valence-electron chi connectivity index (χ3n) is 4.38. The van der Waals surface area contributed by atoms with Crippen LogP contribution in [0.5, 0.6) is 5.75 Å². The summed E-state index contributed by atoms with van der Waals surface area (Å²) in [6.07, 6.45) is 2.88. The van der Waals surface area contributed by atoms with Crippen molar-refractivity contribution in [2.75, 3.05) is 12.5 Å². The predicted molar refractivity (Wildman–Crippen MR) is 105 cm³/mol. The normalized spacial score (nSPS) is 13.0. The zero-order valence-electron chi connectivity index (χ0n) is 13.7. The Morgan fingerprint density at radius 3 is 3.00 bits per heavy atom. The van der Waals surface area contributed by atoms with Crippen LogP contribution in [0.15, 0.2) is 23.0 Å². The summed E-state index contributed by atoms with van der Waals surface area (Å²) in [6.45, 7) is 0. The summed E-state index contributed by atoms with van der Waals surface area (Å²) >= 11 is 12.8. The molecule has 0 saturated heterocycles. The van der Waals surface area contributed by atoms with Gasteiger partial charge in [-0.05, 0) is 55.2 Å². The van der Waals surface area contributed by atoms with E-state index in [0.29, 0.717) is 16.2 Å². The first-order valence-electron chi connectivity index (χ1n) is 7.94. The molecule has 0 saturated carbocycles. The van der Waals surface area contributed by atoms with E-state index in [4.69, 9.17) is 28.6 Å². The molecule has 9 heteroatoms. The van der Waals surface area contributed by atoms with E-state index in [1.165, 1.54) is 18.1 Å². The number of benzene rings is 1. The molecule has 26 heavy (non-hydrogen) atoms. The molecule has 0 bridgehead atoms. The van der Waals surface area contributed by atoms with E-state index in [1.807, 2.05) is 0 Å². The number of nitrogens with one attached hydrogen (secondary N) is 2. The largest absolute Gasteiger partial charge is 0.496 e. The maximum absolute atomic E-state index is 13.0. The van der Waals surface area contributed by atoms with Crippen LogP contribution in [-0.4, -0.2) is 22.7 Å². The molecule has 4 rings (SSSR count). The van der Waals surface area contributed by atoms with Crippen LogP contribution in [0.2, 0.25) is 5.02 Å². The first-order valence-corrected chi connectivity index (χ1v) is 9.54. The molecule has 0 atom stereocenters. The van der Waals surface area contributed by atoms with Crippen LogP contribution in [0.1, 0.15) is 27.2 Å². The Hall–Kier alpha value is -2.16. The maximum Gasteiger partial charge on any atom is 0.282 e. The highest BCUT2D eigenvalue weighted by molar-refractivity contribution is 7.71. The molecule has 6 nitrogen and oxygen atoms in total. The van der Waals surface area contributed by atoms with E-state index in [0.717, 1.165) is 34.3 Å². The number of fused-ring (bicyclic) bond motifs is 3. The van der Waals surface area contributed by atoms with Gasteiger partial charge in [0.25, 0.3) is 11.5 Å². The zero-order chi connectivity index (χ0) is 18.4. The molecule has 1 aromatic carbocycles. The number of carbonyl (C=O) groups excluding carboxylic acids is 1. The van der Waals surface area contributed by atoms with Gasteiger partial charge in [-0.3, -0.25) is 15.0 Å². The third-order valence-corrected chi connectivity index (χ3v) is 6.11. The van der Waals surface area contributed by atoms with Crippen LogP contribution in [0.3, 0.4) is 0 Å². The fraction of sp³-hybridized carbons (Fsp3) is 0.235. The van der Waals surface area contributed by atoms with E-state index in [2.05, 4.69) is 10.4 Å². The zero-order valence-corrected chi connectivity index (χ0v) is 16.1. The fourth-order valence-electron chi connectivity index (χ4n) is 3.20. The number of halogens is 1. The van der Waals surface area contributed by atoms with Gasteiger partial charge in [-0.1, -0.05) is 11.6 Å². The van der Waals surface area contributed by atoms with E-state index in [-0.39, 0.29) is 15.9 Å². The molecule has 3 aromatic rings. The van der Waals surface area contributed by atoms with Gasteiger partial charge in [-0.2, -0.15) is 4.68 Å². The number of rotatable bonds is 3. The lowest BCUT2D eigenvalue weighted by Crippen LogP contribution is -2.34. The number of hydrogen-bond acceptors (Lipinski definition) is 5. The summed E-state index contributed by atoms with van der Waals surface area (Å²) in [5.74, 6) is -0.176. The molecule has 2 aromatic heterocycles. The fourth-order valence-corrected chi connectivity index (χ4v) is 4.94. The topological polar surface area (TPSA) is 76.1 Å². The van der Waals surface area contributed by atoms with Crippen molar-refractivity contribution in [2.24, 2.45) is 0 Å². The van der Waals surface area contributed by atoms with Crippen LogP contribution >= 0.6 is 35.2 Å². The number of ether oxygens (including phenoxy) is 1. The van der Waals surface area contributed by atoms with Crippen LogP contribution in [-0.2, 0) is 12.8 Å². The Kier molecular flexibility index (Phi) is 4.34. The van der Waals surface area contributed by atoms with E-state index >= 15 is 0 Å². The number of H-pyrrole nitrogens is 1. The van der Waals surface area contributed by atoms with Gasteiger partial charge >= 0.3 is 0 Å². The van der Waals surface area contributed by atoms with Crippen molar-refractivity contribution in [3.8, 4) is 5.75 Å². The minimum Gasteiger partial charge on any atom is -0.496 e. The Morgan fingerprint density at radius 2 is 2.23 bits per heavy atom. The van der Waals surface area contributed by atoms with E-state index in [9.17, 15) is 9.59 Å². The van der Waals surface area contributed by atoms with Gasteiger partial charge in [-0.15, -0.1) is 11.3 Å². The van der Waals surface area contributed by atoms with Gasteiger partial charge in [0.1, 0.15) is 10.6 Å². The Labute approximate surface area is 162 Å². The number of methoxy groups -OCH3 is 1. The highest BCUT2D eigenvalue weighted by atomic mass is 35.5. The number of hydrogen-bond donors (Lipinski definition) is 2. The Balaban J connectivity index is 1.81. The van der Waals surface area contributed by atoms with E-state index < -0.39 is 5.91 Å². The SMILES string of the molecule is COc1ccc(Cl)cc1C(=O)Nn1c(=S)[nH]c2sc3c(c2c1=O)CCC3. The second-order valence-corrected chi connectivity index (χ2v) is 7.85. The van der Waals surface area contributed by atoms with Crippen LogP contribution in [0, 0.1) is 4.77 Å². The molecule has 0 unspecified atom stereocenters. The molecule has 1 amide bonds. The minimum absolute atomic E-state index is 0.136. The molecule has 0 spiro atoms. The first-order chi connectivity index (χ1) is 12.5. The number of nitrogens with zero attached hydrogens (tertiary/aromatic N) is 1. The number of carbonyl (C=O) groups is 1. The standard InChI is InChI=1S/C17H14ClN3O3S2/c1-24-11-6-5-8(18)7-10(11)14(22)20-21-16(23)13-9-3-2-4-12(9)26-15(13)19-17(21)25/h5-7H,2-4H2,1H3,(H,19,25)(H,20,22). The predicted octanol–water partition coefficient (Wildman–Crippen LogP) is 3.66. The van der Waals surface area contributed by atoms with Gasteiger partial charge in [0, 0.05) is 9.90 Å². The molecular weight excluding hydrogens is 394 g/mol. The van der Waals surface area contributed by atoms with Gasteiger partial charge in [-0.25, -0.2) is 0 Å². The number of thiophene rings is 1. The number of aromatic nitrogens is 2. The van der Waals surface area contributed by atoms with Crippen molar-refractivity contribution in [3.05, 3.63) is 54.4 Å². The van der Waals surface area contributed by atoms with Gasteiger partial charge < -0.3 is 9.72 Å². The molecule has 0 aliphatic heterocycles. The van der Waals surface area contributed by atoms with Gasteiger partial charge in [0.05, 0.1) is 18.1 Å². The second-order valence-electron chi connectivity index (χ2n) is 5.92. The smallest absolute Gasteiger partial charge is 0.282 e. The quantitative estimate of drug-likeness (QED) is 0.650. The molecule has 0 radical (unpaired) electrons.